The van der Waals surface area contributed by atoms with Crippen LogP contribution < -0.4 is 4.90 Å². The summed E-state index contributed by atoms with van der Waals surface area (Å²) in [5.74, 6) is 0. The highest BCUT2D eigenvalue weighted by Crippen LogP contribution is 2.53. The van der Waals surface area contributed by atoms with Gasteiger partial charge in [0.2, 0.25) is 0 Å². The van der Waals surface area contributed by atoms with Crippen LogP contribution in [0.15, 0.2) is 188 Å². The highest BCUT2D eigenvalue weighted by Gasteiger charge is 2.38. The fraction of sp³-hybridized carbons (Fsp3) is 0.111. The summed E-state index contributed by atoms with van der Waals surface area (Å²) in [6, 6.07) is 69.4. The first-order valence-electron chi connectivity index (χ1n) is 19.4. The number of fused-ring (bicyclic) bond motifs is 6. The van der Waals surface area contributed by atoms with Crippen LogP contribution in [-0.2, 0) is 10.8 Å². The zero-order valence-electron chi connectivity index (χ0n) is 31.8. The van der Waals surface area contributed by atoms with Crippen molar-refractivity contribution >= 4 is 17.1 Å². The first-order chi connectivity index (χ1) is 26.8. The van der Waals surface area contributed by atoms with Gasteiger partial charge in [0.15, 0.2) is 0 Å². The van der Waals surface area contributed by atoms with Gasteiger partial charge in [0.1, 0.15) is 0 Å². The van der Waals surface area contributed by atoms with Gasteiger partial charge in [0.25, 0.3) is 0 Å². The molecule has 1 heteroatoms. The zero-order chi connectivity index (χ0) is 37.3. The highest BCUT2D eigenvalue weighted by molar-refractivity contribution is 5.92. The van der Waals surface area contributed by atoms with Crippen molar-refractivity contribution in [3.05, 3.63) is 210 Å². The van der Waals surface area contributed by atoms with E-state index < -0.39 is 0 Å². The Labute approximate surface area is 325 Å². The lowest BCUT2D eigenvalue weighted by molar-refractivity contribution is 0.660. The molecule has 10 rings (SSSR count). The van der Waals surface area contributed by atoms with Crippen LogP contribution >= 0.6 is 0 Å². The van der Waals surface area contributed by atoms with Gasteiger partial charge in [-0.2, -0.15) is 0 Å². The molecular formula is C54H43N. The van der Waals surface area contributed by atoms with Crippen molar-refractivity contribution in [1.82, 2.24) is 0 Å². The van der Waals surface area contributed by atoms with Crippen molar-refractivity contribution in [3.63, 3.8) is 0 Å². The topological polar surface area (TPSA) is 3.24 Å². The third-order valence-corrected chi connectivity index (χ3v) is 12.3. The van der Waals surface area contributed by atoms with Crippen LogP contribution in [0.4, 0.5) is 17.1 Å². The van der Waals surface area contributed by atoms with Crippen LogP contribution in [0.1, 0.15) is 49.9 Å². The van der Waals surface area contributed by atoms with E-state index in [0.29, 0.717) is 0 Å². The molecule has 0 aromatic heterocycles. The summed E-state index contributed by atoms with van der Waals surface area (Å²) in [4.78, 5) is 2.43. The summed E-state index contributed by atoms with van der Waals surface area (Å²) in [5, 5.41) is 0. The van der Waals surface area contributed by atoms with Crippen LogP contribution in [-0.4, -0.2) is 0 Å². The second-order valence-corrected chi connectivity index (χ2v) is 16.1. The van der Waals surface area contributed by atoms with Gasteiger partial charge < -0.3 is 4.90 Å². The van der Waals surface area contributed by atoms with Crippen LogP contribution in [0, 0.1) is 0 Å². The summed E-state index contributed by atoms with van der Waals surface area (Å²) >= 11 is 0. The Morgan fingerprint density at radius 2 is 0.855 bits per heavy atom. The maximum atomic E-state index is 2.43. The lowest BCUT2D eigenvalue weighted by atomic mass is 9.79. The summed E-state index contributed by atoms with van der Waals surface area (Å²) < 4.78 is 0. The van der Waals surface area contributed by atoms with Crippen molar-refractivity contribution < 1.29 is 0 Å². The molecule has 0 spiro atoms. The van der Waals surface area contributed by atoms with E-state index in [4.69, 9.17) is 0 Å². The normalized spacial score (nSPS) is 14.1. The Balaban J connectivity index is 1.10. The zero-order valence-corrected chi connectivity index (χ0v) is 31.8. The Kier molecular flexibility index (Phi) is 7.58. The van der Waals surface area contributed by atoms with Crippen molar-refractivity contribution in [2.75, 3.05) is 4.90 Å². The maximum absolute atomic E-state index is 2.43. The second-order valence-electron chi connectivity index (χ2n) is 16.1. The Bertz CT molecular complexity index is 2750. The SMILES string of the molecule is CC1(C)c2ccccc2-c2ccc(-c3ccc(N(c4cccc(-c5cccc6c5C(C)(C)c5ccccc5-6)c4)c4ccccc4-c4ccccc4)cc3)cc21. The first kappa shape index (κ1) is 33.2. The number of anilines is 3. The third kappa shape index (κ3) is 5.22. The highest BCUT2D eigenvalue weighted by atomic mass is 15.1. The van der Waals surface area contributed by atoms with Gasteiger partial charge in [-0.3, -0.25) is 0 Å². The molecule has 2 aliphatic carbocycles. The molecule has 0 atom stereocenters. The summed E-state index contributed by atoms with van der Waals surface area (Å²) in [6.07, 6.45) is 0. The van der Waals surface area contributed by atoms with Gasteiger partial charge in [-0.1, -0.05) is 179 Å². The monoisotopic (exact) mass is 705 g/mol. The van der Waals surface area contributed by atoms with Crippen LogP contribution in [0.25, 0.3) is 55.6 Å². The molecule has 0 saturated heterocycles. The summed E-state index contributed by atoms with van der Waals surface area (Å²) in [5.41, 5.74) is 21.5. The van der Waals surface area contributed by atoms with Crippen molar-refractivity contribution in [2.24, 2.45) is 0 Å². The van der Waals surface area contributed by atoms with E-state index >= 15 is 0 Å². The Hall–Kier alpha value is -6.44. The van der Waals surface area contributed by atoms with Crippen LogP contribution in [0.2, 0.25) is 0 Å². The molecule has 0 aliphatic heterocycles. The van der Waals surface area contributed by atoms with E-state index in [2.05, 4.69) is 221 Å². The molecule has 8 aromatic carbocycles. The van der Waals surface area contributed by atoms with Crippen LogP contribution in [0.3, 0.4) is 0 Å². The van der Waals surface area contributed by atoms with E-state index in [9.17, 15) is 0 Å². The fourth-order valence-electron chi connectivity index (χ4n) is 9.55. The molecule has 55 heavy (non-hydrogen) atoms. The molecule has 264 valence electrons. The van der Waals surface area contributed by atoms with Gasteiger partial charge in [0.05, 0.1) is 5.69 Å². The van der Waals surface area contributed by atoms with Crippen LogP contribution in [0.5, 0.6) is 0 Å². The minimum absolute atomic E-state index is 0.0400. The van der Waals surface area contributed by atoms with Gasteiger partial charge in [-0.05, 0) is 109 Å². The third-order valence-electron chi connectivity index (χ3n) is 12.3. The van der Waals surface area contributed by atoms with E-state index in [0.717, 1.165) is 17.1 Å². The molecule has 0 bridgehead atoms. The van der Waals surface area contributed by atoms with Gasteiger partial charge in [0, 0.05) is 27.8 Å². The van der Waals surface area contributed by atoms with Gasteiger partial charge in [-0.25, -0.2) is 0 Å². The number of rotatable bonds is 6. The molecular weight excluding hydrogens is 663 g/mol. The molecule has 1 nitrogen and oxygen atoms in total. The molecule has 0 heterocycles. The molecule has 0 fully saturated rings. The summed E-state index contributed by atoms with van der Waals surface area (Å²) in [7, 11) is 0. The average molecular weight is 706 g/mol. The number of nitrogens with zero attached hydrogens (tertiary/aromatic N) is 1. The molecule has 0 radical (unpaired) electrons. The van der Waals surface area contributed by atoms with Gasteiger partial charge in [-0.15, -0.1) is 0 Å². The molecule has 0 N–H and O–H groups in total. The molecule has 0 amide bonds. The van der Waals surface area contributed by atoms with Gasteiger partial charge >= 0.3 is 0 Å². The predicted octanol–water partition coefficient (Wildman–Crippen LogP) is 14.8. The quantitative estimate of drug-likeness (QED) is 0.166. The van der Waals surface area contributed by atoms with Crippen molar-refractivity contribution in [1.29, 1.82) is 0 Å². The second kappa shape index (κ2) is 12.6. The van der Waals surface area contributed by atoms with E-state index in [1.165, 1.54) is 77.9 Å². The molecule has 8 aromatic rings. The number of hydrogen-bond donors (Lipinski definition) is 0. The minimum Gasteiger partial charge on any atom is -0.310 e. The molecule has 0 saturated carbocycles. The number of hydrogen-bond acceptors (Lipinski definition) is 1. The number of benzene rings is 8. The summed E-state index contributed by atoms with van der Waals surface area (Å²) in [6.45, 7) is 9.44. The smallest absolute Gasteiger partial charge is 0.0540 e. The largest absolute Gasteiger partial charge is 0.310 e. The predicted molar refractivity (Wildman–Crippen MR) is 233 cm³/mol. The van der Waals surface area contributed by atoms with E-state index in [1.54, 1.807) is 0 Å². The average Bonchev–Trinajstić information content (AvgIpc) is 3.61. The van der Waals surface area contributed by atoms with E-state index in [1.807, 2.05) is 0 Å². The molecule has 0 unspecified atom stereocenters. The van der Waals surface area contributed by atoms with E-state index in [-0.39, 0.29) is 10.8 Å². The maximum Gasteiger partial charge on any atom is 0.0540 e. The van der Waals surface area contributed by atoms with Crippen molar-refractivity contribution in [3.8, 4) is 55.6 Å². The minimum atomic E-state index is -0.108. The Morgan fingerprint density at radius 1 is 0.309 bits per heavy atom. The fourth-order valence-corrected chi connectivity index (χ4v) is 9.55. The molecule has 2 aliphatic rings. The lowest BCUT2D eigenvalue weighted by Gasteiger charge is -2.29. The first-order valence-corrected chi connectivity index (χ1v) is 19.4. The van der Waals surface area contributed by atoms with Crippen molar-refractivity contribution in [2.45, 2.75) is 38.5 Å². The Morgan fingerprint density at radius 3 is 1.62 bits per heavy atom. The number of para-hydroxylation sites is 1. The standard InChI is InChI=1S/C54H43N/c1-53(2)48-25-11-8-21-44(48)46-33-30-38(35-50(46)53)36-28-31-40(32-29-36)55(51-27-13-10-20-42(51)37-16-6-5-7-17-37)41-19-14-18-39(34-41)43-23-15-24-47-45-22-9-12-26-49(45)54(3,4)52(43)47/h5-35H,1-4H3. The lowest BCUT2D eigenvalue weighted by Crippen LogP contribution is -2.16.